The van der Waals surface area contributed by atoms with Crippen LogP contribution in [0.5, 0.6) is 0 Å². The van der Waals surface area contributed by atoms with Crippen LogP contribution in [0.4, 0.5) is 5.82 Å². The Bertz CT molecular complexity index is 1490. The summed E-state index contributed by atoms with van der Waals surface area (Å²) in [5.74, 6) is 1.70. The average molecular weight is 479 g/mol. The molecule has 1 aliphatic rings. The molecule has 1 amide bonds. The Morgan fingerprint density at radius 3 is 2.75 bits per heavy atom. The van der Waals surface area contributed by atoms with Crippen LogP contribution in [-0.4, -0.2) is 48.1 Å². The average Bonchev–Trinajstić information content (AvgIpc) is 3.62. The van der Waals surface area contributed by atoms with Crippen LogP contribution in [0.15, 0.2) is 79.6 Å². The Labute approximate surface area is 208 Å². The highest BCUT2D eigenvalue weighted by Gasteiger charge is 2.23. The summed E-state index contributed by atoms with van der Waals surface area (Å²) < 4.78 is 4.17. The standard InChI is InChI=1S/C27H26N8O/c36-27(30-9-4-12-33-13-10-28-19-33)21-7-8-22-23(17-21)32-26(25(31-22)20-5-2-1-3-6-20)35-16-15-34-14-11-29-24(34)18-35/h1-3,5-8,10-11,13-14,17,19H,4,9,12,15-16,18H2,(H,30,36). The molecule has 0 aliphatic carbocycles. The maximum Gasteiger partial charge on any atom is 0.251 e. The SMILES string of the molecule is O=C(NCCCn1ccnc1)c1ccc2nc(-c3ccccc3)c(N3CCn4ccnc4C3)nc2c1. The Hall–Kier alpha value is -4.53. The molecule has 0 bridgehead atoms. The van der Waals surface area contributed by atoms with Crippen LogP contribution in [-0.2, 0) is 19.6 Å². The van der Waals surface area contributed by atoms with Crippen molar-refractivity contribution >= 4 is 22.8 Å². The van der Waals surface area contributed by atoms with E-state index >= 15 is 0 Å². The predicted octanol–water partition coefficient (Wildman–Crippen LogP) is 3.53. The number of hydrogen-bond acceptors (Lipinski definition) is 6. The van der Waals surface area contributed by atoms with E-state index in [2.05, 4.69) is 36.9 Å². The molecular weight excluding hydrogens is 452 g/mol. The number of imidazole rings is 2. The second-order valence-corrected chi connectivity index (χ2v) is 8.83. The summed E-state index contributed by atoms with van der Waals surface area (Å²) in [5.41, 5.74) is 3.87. The van der Waals surface area contributed by atoms with Gasteiger partial charge in [0.05, 0.1) is 23.9 Å². The first kappa shape index (κ1) is 22.0. The Morgan fingerprint density at radius 2 is 1.89 bits per heavy atom. The fraction of sp³-hybridized carbons (Fsp3) is 0.222. The lowest BCUT2D eigenvalue weighted by Gasteiger charge is -2.30. The van der Waals surface area contributed by atoms with Crippen molar-refractivity contribution in [1.82, 2.24) is 34.4 Å². The molecule has 0 saturated carbocycles. The van der Waals surface area contributed by atoms with E-state index in [9.17, 15) is 4.79 Å². The van der Waals surface area contributed by atoms with Crippen LogP contribution in [0.25, 0.3) is 22.3 Å². The zero-order valence-electron chi connectivity index (χ0n) is 19.8. The number of nitrogens with one attached hydrogen (secondary N) is 1. The molecule has 0 atom stereocenters. The molecule has 6 rings (SSSR count). The van der Waals surface area contributed by atoms with E-state index in [4.69, 9.17) is 9.97 Å². The minimum Gasteiger partial charge on any atom is -0.352 e. The highest BCUT2D eigenvalue weighted by Crippen LogP contribution is 2.31. The van der Waals surface area contributed by atoms with Gasteiger partial charge < -0.3 is 19.4 Å². The molecule has 0 radical (unpaired) electrons. The van der Waals surface area contributed by atoms with Crippen molar-refractivity contribution in [2.75, 3.05) is 18.0 Å². The molecular formula is C27H26N8O. The Morgan fingerprint density at radius 1 is 0.972 bits per heavy atom. The topological polar surface area (TPSA) is 93.8 Å². The zero-order chi connectivity index (χ0) is 24.3. The third-order valence-corrected chi connectivity index (χ3v) is 6.44. The molecule has 1 aliphatic heterocycles. The van der Waals surface area contributed by atoms with E-state index in [0.29, 0.717) is 24.2 Å². The normalized spacial score (nSPS) is 13.1. The first-order valence-corrected chi connectivity index (χ1v) is 12.1. The van der Waals surface area contributed by atoms with Gasteiger partial charge in [0.15, 0.2) is 5.82 Å². The molecule has 0 fully saturated rings. The molecule has 36 heavy (non-hydrogen) atoms. The molecule has 0 spiro atoms. The van der Waals surface area contributed by atoms with Crippen molar-refractivity contribution in [2.45, 2.75) is 26.1 Å². The number of aromatic nitrogens is 6. The highest BCUT2D eigenvalue weighted by molar-refractivity contribution is 5.97. The molecule has 9 nitrogen and oxygen atoms in total. The summed E-state index contributed by atoms with van der Waals surface area (Å²) in [6.07, 6.45) is 10.1. The van der Waals surface area contributed by atoms with Crippen LogP contribution < -0.4 is 10.2 Å². The zero-order valence-corrected chi connectivity index (χ0v) is 19.8. The van der Waals surface area contributed by atoms with Crippen LogP contribution in [0.3, 0.4) is 0 Å². The van der Waals surface area contributed by atoms with E-state index in [1.54, 1.807) is 12.5 Å². The number of rotatable bonds is 7. The second kappa shape index (κ2) is 9.61. The number of fused-ring (bicyclic) bond motifs is 2. The summed E-state index contributed by atoms with van der Waals surface area (Å²) in [4.78, 5) is 33.6. The van der Waals surface area contributed by atoms with E-state index in [1.807, 2.05) is 59.6 Å². The first-order chi connectivity index (χ1) is 17.7. The van der Waals surface area contributed by atoms with Crippen LogP contribution in [0.1, 0.15) is 22.6 Å². The molecule has 3 aromatic heterocycles. The van der Waals surface area contributed by atoms with Crippen molar-refractivity contribution in [3.8, 4) is 11.3 Å². The Balaban J connectivity index is 1.28. The number of nitrogens with zero attached hydrogens (tertiary/aromatic N) is 7. The fourth-order valence-corrected chi connectivity index (χ4v) is 4.54. The third-order valence-electron chi connectivity index (χ3n) is 6.44. The molecule has 5 aromatic rings. The molecule has 9 heteroatoms. The van der Waals surface area contributed by atoms with Crippen LogP contribution >= 0.6 is 0 Å². The largest absolute Gasteiger partial charge is 0.352 e. The van der Waals surface area contributed by atoms with Gasteiger partial charge in [-0.25, -0.2) is 19.9 Å². The van der Waals surface area contributed by atoms with E-state index in [-0.39, 0.29) is 5.91 Å². The number of carbonyl (C=O) groups is 1. The lowest BCUT2D eigenvalue weighted by Crippen LogP contribution is -2.34. The van der Waals surface area contributed by atoms with Gasteiger partial charge in [0.1, 0.15) is 11.5 Å². The molecule has 1 N–H and O–H groups in total. The summed E-state index contributed by atoms with van der Waals surface area (Å²) in [6.45, 7) is 3.69. The van der Waals surface area contributed by atoms with Crippen LogP contribution in [0, 0.1) is 0 Å². The number of hydrogen-bond donors (Lipinski definition) is 1. The van der Waals surface area contributed by atoms with E-state index in [1.165, 1.54) is 0 Å². The molecule has 2 aromatic carbocycles. The predicted molar refractivity (Wildman–Crippen MR) is 137 cm³/mol. The minimum atomic E-state index is -0.113. The maximum absolute atomic E-state index is 12.8. The van der Waals surface area contributed by atoms with Gasteiger partial charge in [0.2, 0.25) is 0 Å². The maximum atomic E-state index is 12.8. The minimum absolute atomic E-state index is 0.113. The van der Waals surface area contributed by atoms with Gasteiger partial charge in [-0.1, -0.05) is 30.3 Å². The van der Waals surface area contributed by atoms with Gasteiger partial charge in [-0.2, -0.15) is 0 Å². The lowest BCUT2D eigenvalue weighted by atomic mass is 10.1. The van der Waals surface area contributed by atoms with Gasteiger partial charge in [-0.15, -0.1) is 0 Å². The van der Waals surface area contributed by atoms with Crippen molar-refractivity contribution in [3.05, 3.63) is 91.0 Å². The number of aryl methyl sites for hydroxylation is 1. The summed E-state index contributed by atoms with van der Waals surface area (Å²) in [7, 11) is 0. The number of carbonyl (C=O) groups excluding carboxylic acids is 1. The van der Waals surface area contributed by atoms with E-state index < -0.39 is 0 Å². The lowest BCUT2D eigenvalue weighted by molar-refractivity contribution is 0.0953. The van der Waals surface area contributed by atoms with Gasteiger partial charge >= 0.3 is 0 Å². The monoisotopic (exact) mass is 478 g/mol. The van der Waals surface area contributed by atoms with Crippen LogP contribution in [0.2, 0.25) is 0 Å². The molecule has 0 unspecified atom stereocenters. The van der Waals surface area contributed by atoms with Crippen molar-refractivity contribution < 1.29 is 4.79 Å². The summed E-state index contributed by atoms with van der Waals surface area (Å²) >= 11 is 0. The van der Waals surface area contributed by atoms with Gasteiger partial charge in [0.25, 0.3) is 5.91 Å². The smallest absolute Gasteiger partial charge is 0.251 e. The molecule has 0 saturated heterocycles. The van der Waals surface area contributed by atoms with Gasteiger partial charge in [0, 0.05) is 62.1 Å². The summed E-state index contributed by atoms with van der Waals surface area (Å²) in [5, 5.41) is 3.01. The quantitative estimate of drug-likeness (QED) is 0.360. The van der Waals surface area contributed by atoms with Crippen molar-refractivity contribution in [2.24, 2.45) is 0 Å². The first-order valence-electron chi connectivity index (χ1n) is 12.1. The van der Waals surface area contributed by atoms with Gasteiger partial charge in [-0.05, 0) is 24.6 Å². The third kappa shape index (κ3) is 4.43. The summed E-state index contributed by atoms with van der Waals surface area (Å²) in [6, 6.07) is 15.6. The van der Waals surface area contributed by atoms with Crippen molar-refractivity contribution in [3.63, 3.8) is 0 Å². The number of amides is 1. The van der Waals surface area contributed by atoms with Gasteiger partial charge in [-0.3, -0.25) is 4.79 Å². The Kier molecular flexibility index (Phi) is 5.87. The molecule has 180 valence electrons. The van der Waals surface area contributed by atoms with E-state index in [0.717, 1.165) is 54.5 Å². The fourth-order valence-electron chi connectivity index (χ4n) is 4.54. The molecule has 4 heterocycles. The number of benzene rings is 2. The second-order valence-electron chi connectivity index (χ2n) is 8.83. The van der Waals surface area contributed by atoms with Crippen molar-refractivity contribution in [1.29, 1.82) is 0 Å². The highest BCUT2D eigenvalue weighted by atomic mass is 16.1. The number of anilines is 1.